The lowest BCUT2D eigenvalue weighted by Gasteiger charge is -2.07. The average Bonchev–Trinajstić information content (AvgIpc) is 3.21. The van der Waals surface area contributed by atoms with Gasteiger partial charge in [-0.2, -0.15) is 0 Å². The van der Waals surface area contributed by atoms with E-state index in [0.29, 0.717) is 35.5 Å². The van der Waals surface area contributed by atoms with Crippen LogP contribution < -0.4 is 5.32 Å². The van der Waals surface area contributed by atoms with E-state index in [1.54, 1.807) is 36.0 Å². The molecular formula is C24H20ClFN6O. The highest BCUT2D eigenvalue weighted by atomic mass is 35.5. The zero-order chi connectivity index (χ0) is 22.1. The predicted octanol–water partition coefficient (Wildman–Crippen LogP) is 4.40. The van der Waals surface area contributed by atoms with Crippen molar-refractivity contribution in [1.82, 2.24) is 30.3 Å². The van der Waals surface area contributed by atoms with Crippen molar-refractivity contribution in [1.29, 1.82) is 0 Å². The number of amides is 1. The van der Waals surface area contributed by atoms with Crippen LogP contribution >= 0.6 is 12.4 Å². The number of hydrogen-bond donors (Lipinski definition) is 1. The van der Waals surface area contributed by atoms with Crippen LogP contribution in [-0.2, 0) is 6.54 Å². The Balaban J connectivity index is 0.00000259. The number of carbonyl (C=O) groups is 1. The highest BCUT2D eigenvalue weighted by Crippen LogP contribution is 2.23. The summed E-state index contributed by atoms with van der Waals surface area (Å²) >= 11 is 0. The summed E-state index contributed by atoms with van der Waals surface area (Å²) in [6.07, 6.45) is 1.77. The molecular weight excluding hydrogens is 443 g/mol. The lowest BCUT2D eigenvalue weighted by Crippen LogP contribution is -2.23. The van der Waals surface area contributed by atoms with Crippen molar-refractivity contribution in [3.63, 3.8) is 0 Å². The second-order valence-electron chi connectivity index (χ2n) is 7.37. The van der Waals surface area contributed by atoms with E-state index in [0.717, 1.165) is 16.5 Å². The second-order valence-corrected chi connectivity index (χ2v) is 7.37. The highest BCUT2D eigenvalue weighted by molar-refractivity contribution is 5.95. The monoisotopic (exact) mass is 462 g/mol. The largest absolute Gasteiger partial charge is 0.352 e. The molecule has 1 amide bonds. The smallest absolute Gasteiger partial charge is 0.254 e. The van der Waals surface area contributed by atoms with Gasteiger partial charge in [0.25, 0.3) is 5.91 Å². The number of nitrogens with one attached hydrogen (secondary N) is 1. The van der Waals surface area contributed by atoms with Gasteiger partial charge in [-0.25, -0.2) is 14.1 Å². The fourth-order valence-corrected chi connectivity index (χ4v) is 3.63. The van der Waals surface area contributed by atoms with E-state index in [2.05, 4.69) is 31.7 Å². The van der Waals surface area contributed by atoms with Gasteiger partial charge in [0.1, 0.15) is 11.3 Å². The van der Waals surface area contributed by atoms with Gasteiger partial charge >= 0.3 is 0 Å². The van der Waals surface area contributed by atoms with Crippen LogP contribution in [0.25, 0.3) is 33.3 Å². The van der Waals surface area contributed by atoms with Crippen LogP contribution in [0.5, 0.6) is 0 Å². The van der Waals surface area contributed by atoms with Crippen LogP contribution in [0.2, 0.25) is 0 Å². The zero-order valence-corrected chi connectivity index (χ0v) is 18.5. The van der Waals surface area contributed by atoms with Crippen molar-refractivity contribution in [2.45, 2.75) is 13.5 Å². The minimum absolute atomic E-state index is 0. The Morgan fingerprint density at radius 2 is 1.91 bits per heavy atom. The summed E-state index contributed by atoms with van der Waals surface area (Å²) in [7, 11) is 0. The molecule has 7 nitrogen and oxygen atoms in total. The number of rotatable bonds is 5. The van der Waals surface area contributed by atoms with E-state index in [4.69, 9.17) is 0 Å². The number of hydrogen-bond acceptors (Lipinski definition) is 5. The van der Waals surface area contributed by atoms with Crippen LogP contribution in [-0.4, -0.2) is 37.4 Å². The summed E-state index contributed by atoms with van der Waals surface area (Å²) in [5.74, 6) is -1.03. The first kappa shape index (κ1) is 22.3. The van der Waals surface area contributed by atoms with Gasteiger partial charge in [-0.05, 0) is 55.0 Å². The Bertz CT molecular complexity index is 1470. The van der Waals surface area contributed by atoms with Crippen LogP contribution in [0.4, 0.5) is 4.39 Å². The van der Waals surface area contributed by atoms with Gasteiger partial charge in [-0.15, -0.1) is 17.5 Å². The number of fused-ring (bicyclic) bond motifs is 2. The van der Waals surface area contributed by atoms with Crippen molar-refractivity contribution in [2.75, 3.05) is 6.54 Å². The average molecular weight is 463 g/mol. The molecule has 0 saturated heterocycles. The molecule has 0 spiro atoms. The van der Waals surface area contributed by atoms with Gasteiger partial charge in [-0.3, -0.25) is 9.78 Å². The molecule has 3 aromatic heterocycles. The highest BCUT2D eigenvalue weighted by Gasteiger charge is 2.14. The van der Waals surface area contributed by atoms with E-state index in [9.17, 15) is 9.18 Å². The first-order valence-electron chi connectivity index (χ1n) is 10.2. The molecule has 0 atom stereocenters. The Kier molecular flexibility index (Phi) is 6.28. The molecule has 9 heteroatoms. The minimum Gasteiger partial charge on any atom is -0.352 e. The van der Waals surface area contributed by atoms with Crippen molar-refractivity contribution < 1.29 is 9.18 Å². The quantitative estimate of drug-likeness (QED) is 0.418. The number of halogens is 2. The fourth-order valence-electron chi connectivity index (χ4n) is 3.63. The third-order valence-corrected chi connectivity index (χ3v) is 5.21. The molecule has 0 aliphatic heterocycles. The number of aromatic nitrogens is 5. The summed E-state index contributed by atoms with van der Waals surface area (Å²) in [5, 5.41) is 12.1. The summed E-state index contributed by atoms with van der Waals surface area (Å²) in [6.45, 7) is 2.71. The molecule has 33 heavy (non-hydrogen) atoms. The predicted molar refractivity (Wildman–Crippen MR) is 127 cm³/mol. The van der Waals surface area contributed by atoms with Crippen LogP contribution in [0.3, 0.4) is 0 Å². The van der Waals surface area contributed by atoms with E-state index in [1.807, 2.05) is 24.3 Å². The molecule has 0 fully saturated rings. The van der Waals surface area contributed by atoms with E-state index < -0.39 is 11.7 Å². The molecule has 0 unspecified atom stereocenters. The maximum Gasteiger partial charge on any atom is 0.254 e. The molecule has 0 aliphatic rings. The SMILES string of the molecule is CCNC(=O)c1ccc(-c2ccc3nnn(Cc4ccc5ncccc5c4)c3n2)cc1F.Cl. The van der Waals surface area contributed by atoms with Gasteiger partial charge in [0.15, 0.2) is 5.65 Å². The molecule has 2 aromatic carbocycles. The Morgan fingerprint density at radius 3 is 2.73 bits per heavy atom. The lowest BCUT2D eigenvalue weighted by atomic mass is 10.1. The fraction of sp³-hybridized carbons (Fsp3) is 0.125. The standard InChI is InChI=1S/C24H19FN6O.ClH/c1-2-26-24(32)18-7-6-17(13-19(18)25)21-9-10-22-23(28-21)31(30-29-22)14-15-5-8-20-16(12-15)4-3-11-27-20;/h3-13H,2,14H2,1H3,(H,26,32);1H. The molecule has 1 N–H and O–H groups in total. The number of pyridine rings is 2. The number of carbonyl (C=O) groups excluding carboxylic acids is 1. The van der Waals surface area contributed by atoms with Gasteiger partial charge in [-0.1, -0.05) is 23.4 Å². The summed E-state index contributed by atoms with van der Waals surface area (Å²) in [4.78, 5) is 21.0. The zero-order valence-electron chi connectivity index (χ0n) is 17.7. The van der Waals surface area contributed by atoms with Gasteiger partial charge in [0.2, 0.25) is 0 Å². The molecule has 0 radical (unpaired) electrons. The lowest BCUT2D eigenvalue weighted by molar-refractivity contribution is 0.0952. The third-order valence-electron chi connectivity index (χ3n) is 5.21. The molecule has 3 heterocycles. The van der Waals surface area contributed by atoms with Crippen LogP contribution in [0.1, 0.15) is 22.8 Å². The normalized spacial score (nSPS) is 10.8. The number of benzene rings is 2. The molecule has 0 aliphatic carbocycles. The number of nitrogens with zero attached hydrogens (tertiary/aromatic N) is 5. The van der Waals surface area contributed by atoms with Gasteiger partial charge < -0.3 is 5.32 Å². The van der Waals surface area contributed by atoms with Crippen molar-refractivity contribution >= 4 is 40.4 Å². The summed E-state index contributed by atoms with van der Waals surface area (Å²) in [6, 6.07) is 18.0. The molecule has 0 saturated carbocycles. The van der Waals surface area contributed by atoms with Gasteiger partial charge in [0, 0.05) is 23.7 Å². The topological polar surface area (TPSA) is 85.6 Å². The summed E-state index contributed by atoms with van der Waals surface area (Å²) < 4.78 is 16.3. The summed E-state index contributed by atoms with van der Waals surface area (Å²) in [5.41, 5.74) is 4.37. The Morgan fingerprint density at radius 1 is 1.06 bits per heavy atom. The third kappa shape index (κ3) is 4.38. The first-order valence-corrected chi connectivity index (χ1v) is 10.2. The second kappa shape index (κ2) is 9.30. The maximum absolute atomic E-state index is 14.5. The first-order chi connectivity index (χ1) is 15.6. The van der Waals surface area contributed by atoms with Crippen LogP contribution in [0.15, 0.2) is 66.9 Å². The Hall–Kier alpha value is -3.91. The van der Waals surface area contributed by atoms with Crippen molar-refractivity contribution in [2.24, 2.45) is 0 Å². The maximum atomic E-state index is 14.5. The molecule has 5 rings (SSSR count). The van der Waals surface area contributed by atoms with Crippen molar-refractivity contribution in [3.05, 3.63) is 83.8 Å². The van der Waals surface area contributed by atoms with Crippen molar-refractivity contribution in [3.8, 4) is 11.3 Å². The van der Waals surface area contributed by atoms with E-state index in [-0.39, 0.29) is 18.0 Å². The molecule has 5 aromatic rings. The minimum atomic E-state index is -0.591. The Labute approximate surface area is 195 Å². The van der Waals surface area contributed by atoms with E-state index >= 15 is 0 Å². The molecule has 0 bridgehead atoms. The van der Waals surface area contributed by atoms with Gasteiger partial charge in [0.05, 0.1) is 23.3 Å². The van der Waals surface area contributed by atoms with Crippen LogP contribution in [0, 0.1) is 5.82 Å². The van der Waals surface area contributed by atoms with E-state index in [1.165, 1.54) is 12.1 Å². The molecule has 166 valence electrons.